The van der Waals surface area contributed by atoms with Crippen LogP contribution in [0.2, 0.25) is 0 Å². The van der Waals surface area contributed by atoms with Gasteiger partial charge in [0.05, 0.1) is 18.8 Å². The maximum absolute atomic E-state index is 5.49. The highest BCUT2D eigenvalue weighted by molar-refractivity contribution is 5.08. The van der Waals surface area contributed by atoms with Gasteiger partial charge in [0.15, 0.2) is 0 Å². The quantitative estimate of drug-likeness (QED) is 0.453. The van der Waals surface area contributed by atoms with Crippen LogP contribution in [0.1, 0.15) is 20.3 Å². The fourth-order valence-electron chi connectivity index (χ4n) is 1.48. The maximum Gasteiger partial charge on any atom is 0.122 e. The van der Waals surface area contributed by atoms with Crippen LogP contribution in [0.3, 0.4) is 0 Å². The lowest BCUT2D eigenvalue weighted by molar-refractivity contribution is -0.00130. The van der Waals surface area contributed by atoms with E-state index in [9.17, 15) is 0 Å². The fraction of sp³-hybridized carbons (Fsp3) is 1.00. The first-order valence-electron chi connectivity index (χ1n) is 3.44. The van der Waals surface area contributed by atoms with Crippen LogP contribution >= 0.6 is 0 Å². The normalized spacial score (nSPS) is 46.0. The molecule has 2 heterocycles. The molecular weight excluding hydrogens is 116 g/mol. The molecule has 0 aromatic heterocycles. The third-order valence-corrected chi connectivity index (χ3v) is 2.56. The lowest BCUT2D eigenvalue weighted by Gasteiger charge is -2.21. The molecule has 2 rings (SSSR count). The Morgan fingerprint density at radius 3 is 2.11 bits per heavy atom. The third kappa shape index (κ3) is 0.578. The number of epoxide rings is 1. The second-order valence-electron chi connectivity index (χ2n) is 3.39. The SMILES string of the molecule is CC1(C)OCCC12CO2. The van der Waals surface area contributed by atoms with Crippen molar-refractivity contribution < 1.29 is 9.47 Å². The molecule has 0 amide bonds. The van der Waals surface area contributed by atoms with Crippen molar-refractivity contribution in [3.8, 4) is 0 Å². The summed E-state index contributed by atoms with van der Waals surface area (Å²) < 4.78 is 10.8. The molecule has 52 valence electrons. The van der Waals surface area contributed by atoms with Crippen LogP contribution in [0, 0.1) is 0 Å². The minimum Gasteiger partial charge on any atom is -0.372 e. The highest BCUT2D eigenvalue weighted by Gasteiger charge is 2.60. The van der Waals surface area contributed by atoms with Crippen molar-refractivity contribution in [3.63, 3.8) is 0 Å². The van der Waals surface area contributed by atoms with Crippen LogP contribution in [0.25, 0.3) is 0 Å². The van der Waals surface area contributed by atoms with Crippen molar-refractivity contribution in [1.82, 2.24) is 0 Å². The molecular formula is C7H12O2. The topological polar surface area (TPSA) is 21.8 Å². The van der Waals surface area contributed by atoms with Gasteiger partial charge in [0.2, 0.25) is 0 Å². The number of hydrogen-bond acceptors (Lipinski definition) is 2. The minimum absolute atomic E-state index is 0.0208. The van der Waals surface area contributed by atoms with E-state index in [-0.39, 0.29) is 11.2 Å². The maximum atomic E-state index is 5.49. The standard InChI is InChI=1S/C7H12O2/c1-6(2)7(5-9-7)3-4-8-6/h3-5H2,1-2H3. The molecule has 2 heteroatoms. The molecule has 1 spiro atoms. The van der Waals surface area contributed by atoms with Crippen molar-refractivity contribution >= 4 is 0 Å². The van der Waals surface area contributed by atoms with Crippen LogP contribution in [0.15, 0.2) is 0 Å². The van der Waals surface area contributed by atoms with Gasteiger partial charge in [0.1, 0.15) is 5.60 Å². The summed E-state index contributed by atoms with van der Waals surface area (Å²) in [4.78, 5) is 0. The van der Waals surface area contributed by atoms with E-state index in [0.29, 0.717) is 0 Å². The van der Waals surface area contributed by atoms with E-state index >= 15 is 0 Å². The van der Waals surface area contributed by atoms with Crippen molar-refractivity contribution in [2.45, 2.75) is 31.5 Å². The zero-order valence-corrected chi connectivity index (χ0v) is 5.94. The number of ether oxygens (including phenoxy) is 2. The molecule has 0 saturated carbocycles. The van der Waals surface area contributed by atoms with Crippen LogP contribution < -0.4 is 0 Å². The van der Waals surface area contributed by atoms with Gasteiger partial charge in [0.25, 0.3) is 0 Å². The van der Waals surface area contributed by atoms with Gasteiger partial charge in [-0.3, -0.25) is 0 Å². The molecule has 0 N–H and O–H groups in total. The molecule has 0 bridgehead atoms. The Bertz CT molecular complexity index is 132. The van der Waals surface area contributed by atoms with Gasteiger partial charge in [0, 0.05) is 6.42 Å². The van der Waals surface area contributed by atoms with E-state index in [1.165, 1.54) is 0 Å². The first-order chi connectivity index (χ1) is 4.16. The molecule has 0 aliphatic carbocycles. The molecule has 1 atom stereocenters. The van der Waals surface area contributed by atoms with Gasteiger partial charge in [-0.2, -0.15) is 0 Å². The molecule has 0 aromatic carbocycles. The first-order valence-corrected chi connectivity index (χ1v) is 3.44. The van der Waals surface area contributed by atoms with Crippen molar-refractivity contribution in [1.29, 1.82) is 0 Å². The van der Waals surface area contributed by atoms with Crippen LogP contribution in [-0.2, 0) is 9.47 Å². The zero-order valence-electron chi connectivity index (χ0n) is 5.94. The van der Waals surface area contributed by atoms with Crippen molar-refractivity contribution in [2.24, 2.45) is 0 Å². The second kappa shape index (κ2) is 1.32. The van der Waals surface area contributed by atoms with Gasteiger partial charge in [-0.05, 0) is 13.8 Å². The van der Waals surface area contributed by atoms with Crippen LogP contribution in [0.5, 0.6) is 0 Å². The fourth-order valence-corrected chi connectivity index (χ4v) is 1.48. The van der Waals surface area contributed by atoms with Gasteiger partial charge in [-0.15, -0.1) is 0 Å². The molecule has 0 radical (unpaired) electrons. The van der Waals surface area contributed by atoms with E-state index in [4.69, 9.17) is 9.47 Å². The molecule has 9 heavy (non-hydrogen) atoms. The molecule has 1 unspecified atom stereocenters. The van der Waals surface area contributed by atoms with Crippen molar-refractivity contribution in [2.75, 3.05) is 13.2 Å². The van der Waals surface area contributed by atoms with Gasteiger partial charge in [-0.25, -0.2) is 0 Å². The lowest BCUT2D eigenvalue weighted by atomic mass is 9.92. The van der Waals surface area contributed by atoms with E-state index in [2.05, 4.69) is 13.8 Å². The van der Waals surface area contributed by atoms with Crippen LogP contribution in [0.4, 0.5) is 0 Å². The van der Waals surface area contributed by atoms with E-state index < -0.39 is 0 Å². The number of hydrogen-bond donors (Lipinski definition) is 0. The summed E-state index contributed by atoms with van der Waals surface area (Å²) in [5, 5.41) is 0. The largest absolute Gasteiger partial charge is 0.372 e. The Balaban J connectivity index is 2.23. The van der Waals surface area contributed by atoms with Gasteiger partial charge >= 0.3 is 0 Å². The van der Waals surface area contributed by atoms with Crippen molar-refractivity contribution in [3.05, 3.63) is 0 Å². The average Bonchev–Trinajstić information content (AvgIpc) is 2.41. The summed E-state index contributed by atoms with van der Waals surface area (Å²) in [5.74, 6) is 0. The number of rotatable bonds is 0. The second-order valence-corrected chi connectivity index (χ2v) is 3.39. The predicted octanol–water partition coefficient (Wildman–Crippen LogP) is 0.954. The van der Waals surface area contributed by atoms with E-state index in [1.54, 1.807) is 0 Å². The third-order valence-electron chi connectivity index (χ3n) is 2.56. The van der Waals surface area contributed by atoms with Gasteiger partial charge < -0.3 is 9.47 Å². The Morgan fingerprint density at radius 2 is 1.89 bits per heavy atom. The zero-order chi connectivity index (χ0) is 6.54. The Morgan fingerprint density at radius 1 is 1.22 bits per heavy atom. The molecule has 2 saturated heterocycles. The summed E-state index contributed by atoms with van der Waals surface area (Å²) in [7, 11) is 0. The lowest BCUT2D eigenvalue weighted by Crippen LogP contribution is -2.35. The average molecular weight is 128 g/mol. The predicted molar refractivity (Wildman–Crippen MR) is 33.3 cm³/mol. The molecule has 2 aliphatic rings. The monoisotopic (exact) mass is 128 g/mol. The molecule has 0 aromatic rings. The van der Waals surface area contributed by atoms with Gasteiger partial charge in [-0.1, -0.05) is 0 Å². The first kappa shape index (κ1) is 5.69. The highest BCUT2D eigenvalue weighted by Crippen LogP contribution is 2.47. The summed E-state index contributed by atoms with van der Waals surface area (Å²) in [6, 6.07) is 0. The Labute approximate surface area is 55.1 Å². The van der Waals surface area contributed by atoms with E-state index in [1.807, 2.05) is 0 Å². The molecule has 2 fully saturated rings. The Kier molecular flexibility index (Phi) is 0.837. The van der Waals surface area contributed by atoms with Crippen LogP contribution in [-0.4, -0.2) is 24.4 Å². The smallest absolute Gasteiger partial charge is 0.122 e. The minimum atomic E-state index is -0.0208. The molecule has 2 nitrogen and oxygen atoms in total. The van der Waals surface area contributed by atoms with E-state index in [0.717, 1.165) is 19.6 Å². The summed E-state index contributed by atoms with van der Waals surface area (Å²) in [5.41, 5.74) is 0.0972. The Hall–Kier alpha value is -0.0800. The molecule has 2 aliphatic heterocycles. The summed E-state index contributed by atoms with van der Waals surface area (Å²) in [6.07, 6.45) is 1.08. The highest BCUT2D eigenvalue weighted by atomic mass is 16.6. The summed E-state index contributed by atoms with van der Waals surface area (Å²) >= 11 is 0. The summed E-state index contributed by atoms with van der Waals surface area (Å²) in [6.45, 7) is 5.98.